The van der Waals surface area contributed by atoms with E-state index in [4.69, 9.17) is 10.5 Å². The Morgan fingerprint density at radius 2 is 1.89 bits per heavy atom. The molecule has 1 aliphatic heterocycles. The van der Waals surface area contributed by atoms with E-state index in [2.05, 4.69) is 4.90 Å². The maximum absolute atomic E-state index is 9.85. The summed E-state index contributed by atoms with van der Waals surface area (Å²) in [5.74, 6) is 0.855. The zero-order valence-corrected chi connectivity index (χ0v) is 10.9. The van der Waals surface area contributed by atoms with Crippen molar-refractivity contribution in [2.45, 2.75) is 25.4 Å². The summed E-state index contributed by atoms with van der Waals surface area (Å²) in [5, 5.41) is 9.85. The lowest BCUT2D eigenvalue weighted by Crippen LogP contribution is -2.43. The molecule has 1 saturated heterocycles. The highest BCUT2D eigenvalue weighted by Gasteiger charge is 2.26. The largest absolute Gasteiger partial charge is 0.492 e. The number of likely N-dealkylation sites (tertiary alicyclic amines) is 1. The fraction of sp³-hybridized carbons (Fsp3) is 0.571. The smallest absolute Gasteiger partial charge is 0.119 e. The fourth-order valence-corrected chi connectivity index (χ4v) is 2.12. The topological polar surface area (TPSA) is 58.7 Å². The molecular weight excluding hydrogens is 228 g/mol. The zero-order chi connectivity index (χ0) is 13.0. The minimum absolute atomic E-state index is 0.478. The predicted molar refractivity (Wildman–Crippen MR) is 72.6 cm³/mol. The molecule has 0 bridgehead atoms. The van der Waals surface area contributed by atoms with E-state index in [1.165, 1.54) is 0 Å². The van der Waals surface area contributed by atoms with Gasteiger partial charge in [-0.25, -0.2) is 0 Å². The minimum Gasteiger partial charge on any atom is -0.492 e. The predicted octanol–water partition coefficient (Wildman–Crippen LogP) is 1.49. The summed E-state index contributed by atoms with van der Waals surface area (Å²) in [5.41, 5.74) is 5.88. The number of nitrogens with zero attached hydrogens (tertiary/aromatic N) is 1. The maximum Gasteiger partial charge on any atom is 0.119 e. The van der Waals surface area contributed by atoms with E-state index in [9.17, 15) is 5.11 Å². The third kappa shape index (κ3) is 3.89. The lowest BCUT2D eigenvalue weighted by Gasteiger charge is -2.35. The molecule has 0 radical (unpaired) electrons. The minimum atomic E-state index is -0.478. The molecule has 100 valence electrons. The van der Waals surface area contributed by atoms with Gasteiger partial charge in [0.15, 0.2) is 0 Å². The first kappa shape index (κ1) is 13.2. The highest BCUT2D eigenvalue weighted by Crippen LogP contribution is 2.20. The molecule has 0 spiro atoms. The van der Waals surface area contributed by atoms with E-state index >= 15 is 0 Å². The van der Waals surface area contributed by atoms with Crippen molar-refractivity contribution in [3.05, 3.63) is 24.3 Å². The monoisotopic (exact) mass is 250 g/mol. The maximum atomic E-state index is 9.85. The number of benzene rings is 1. The van der Waals surface area contributed by atoms with Crippen LogP contribution in [0.5, 0.6) is 5.75 Å². The Labute approximate surface area is 108 Å². The molecule has 0 aromatic heterocycles. The molecule has 1 aromatic carbocycles. The van der Waals surface area contributed by atoms with Gasteiger partial charge in [-0.05, 0) is 44.0 Å². The summed E-state index contributed by atoms with van der Waals surface area (Å²) < 4.78 is 5.66. The molecule has 0 unspecified atom stereocenters. The second-order valence-electron chi connectivity index (χ2n) is 5.26. The van der Waals surface area contributed by atoms with Gasteiger partial charge in [0.05, 0.1) is 5.60 Å². The fourth-order valence-electron chi connectivity index (χ4n) is 2.12. The van der Waals surface area contributed by atoms with Crippen LogP contribution in [0.3, 0.4) is 0 Å². The van der Waals surface area contributed by atoms with Crippen LogP contribution in [0.25, 0.3) is 0 Å². The van der Waals surface area contributed by atoms with Crippen molar-refractivity contribution in [1.29, 1.82) is 0 Å². The van der Waals surface area contributed by atoms with Crippen LogP contribution < -0.4 is 10.5 Å². The van der Waals surface area contributed by atoms with Crippen molar-refractivity contribution in [2.75, 3.05) is 32.0 Å². The second-order valence-corrected chi connectivity index (χ2v) is 5.26. The molecule has 0 amide bonds. The van der Waals surface area contributed by atoms with E-state index in [0.717, 1.165) is 43.9 Å². The van der Waals surface area contributed by atoms with Crippen molar-refractivity contribution in [1.82, 2.24) is 4.90 Å². The molecule has 1 aromatic rings. The highest BCUT2D eigenvalue weighted by atomic mass is 16.5. The molecule has 4 heteroatoms. The van der Waals surface area contributed by atoms with Crippen LogP contribution in [-0.4, -0.2) is 41.8 Å². The number of rotatable bonds is 4. The van der Waals surface area contributed by atoms with E-state index in [-0.39, 0.29) is 0 Å². The van der Waals surface area contributed by atoms with Gasteiger partial charge in [0.2, 0.25) is 0 Å². The first-order chi connectivity index (χ1) is 8.55. The van der Waals surface area contributed by atoms with Crippen LogP contribution in [0.2, 0.25) is 0 Å². The average Bonchev–Trinajstić information content (AvgIpc) is 2.34. The van der Waals surface area contributed by atoms with Crippen LogP contribution in [0, 0.1) is 0 Å². The van der Waals surface area contributed by atoms with Gasteiger partial charge in [-0.3, -0.25) is 4.90 Å². The quantitative estimate of drug-likeness (QED) is 0.795. The summed E-state index contributed by atoms with van der Waals surface area (Å²) in [6.45, 7) is 5.37. The van der Waals surface area contributed by atoms with Gasteiger partial charge < -0.3 is 15.6 Å². The van der Waals surface area contributed by atoms with Crippen molar-refractivity contribution in [2.24, 2.45) is 0 Å². The van der Waals surface area contributed by atoms with E-state index < -0.39 is 5.60 Å². The molecule has 0 atom stereocenters. The lowest BCUT2D eigenvalue weighted by molar-refractivity contribution is -0.00767. The molecule has 4 nitrogen and oxygen atoms in total. The average molecular weight is 250 g/mol. The van der Waals surface area contributed by atoms with Gasteiger partial charge >= 0.3 is 0 Å². The van der Waals surface area contributed by atoms with Gasteiger partial charge in [-0.2, -0.15) is 0 Å². The summed E-state index contributed by atoms with van der Waals surface area (Å²) in [6, 6.07) is 7.45. The molecule has 1 heterocycles. The molecule has 2 rings (SSSR count). The normalized spacial score (nSPS) is 19.7. The van der Waals surface area contributed by atoms with Gasteiger partial charge in [0.1, 0.15) is 12.4 Å². The van der Waals surface area contributed by atoms with Crippen molar-refractivity contribution >= 4 is 5.69 Å². The van der Waals surface area contributed by atoms with Gasteiger partial charge in [0, 0.05) is 25.3 Å². The lowest BCUT2D eigenvalue weighted by atomic mass is 9.94. The molecule has 1 fully saturated rings. The number of anilines is 1. The molecular formula is C14H22N2O2. The van der Waals surface area contributed by atoms with Crippen LogP contribution in [-0.2, 0) is 0 Å². The first-order valence-electron chi connectivity index (χ1n) is 6.48. The number of nitrogen functional groups attached to an aromatic ring is 1. The third-order valence-electron chi connectivity index (χ3n) is 3.49. The standard InChI is InChI=1S/C14H22N2O2/c1-14(17)6-8-16(9-7-14)10-11-18-13-4-2-12(15)3-5-13/h2-5,17H,6-11,15H2,1H3. The van der Waals surface area contributed by atoms with Crippen molar-refractivity contribution < 1.29 is 9.84 Å². The molecule has 3 N–H and O–H groups in total. The summed E-state index contributed by atoms with van der Waals surface area (Å²) in [6.07, 6.45) is 1.68. The number of hydrogen-bond donors (Lipinski definition) is 2. The Balaban J connectivity index is 1.68. The van der Waals surface area contributed by atoms with Crippen molar-refractivity contribution in [3.8, 4) is 5.75 Å². The Hall–Kier alpha value is -1.26. The van der Waals surface area contributed by atoms with Gasteiger partial charge in [0.25, 0.3) is 0 Å². The molecule has 0 saturated carbocycles. The number of nitrogens with two attached hydrogens (primary N) is 1. The van der Waals surface area contributed by atoms with Crippen LogP contribution in [0.4, 0.5) is 5.69 Å². The number of hydrogen-bond acceptors (Lipinski definition) is 4. The van der Waals surface area contributed by atoms with E-state index in [1.807, 2.05) is 31.2 Å². The number of piperidine rings is 1. The third-order valence-corrected chi connectivity index (χ3v) is 3.49. The summed E-state index contributed by atoms with van der Waals surface area (Å²) in [4.78, 5) is 2.33. The van der Waals surface area contributed by atoms with Crippen molar-refractivity contribution in [3.63, 3.8) is 0 Å². The SMILES string of the molecule is CC1(O)CCN(CCOc2ccc(N)cc2)CC1. The first-order valence-corrected chi connectivity index (χ1v) is 6.48. The number of aliphatic hydroxyl groups is 1. The van der Waals surface area contributed by atoms with Crippen LogP contribution >= 0.6 is 0 Å². The molecule has 1 aliphatic rings. The summed E-state index contributed by atoms with van der Waals surface area (Å²) in [7, 11) is 0. The second kappa shape index (κ2) is 5.59. The van der Waals surface area contributed by atoms with E-state index in [0.29, 0.717) is 6.61 Å². The molecule has 0 aliphatic carbocycles. The zero-order valence-electron chi connectivity index (χ0n) is 10.9. The van der Waals surface area contributed by atoms with Crippen LogP contribution in [0.1, 0.15) is 19.8 Å². The highest BCUT2D eigenvalue weighted by molar-refractivity contribution is 5.41. The van der Waals surface area contributed by atoms with Gasteiger partial charge in [-0.15, -0.1) is 0 Å². The Bertz CT molecular complexity index is 366. The van der Waals surface area contributed by atoms with E-state index in [1.54, 1.807) is 0 Å². The molecule has 18 heavy (non-hydrogen) atoms. The Kier molecular flexibility index (Phi) is 4.09. The van der Waals surface area contributed by atoms with Gasteiger partial charge in [-0.1, -0.05) is 0 Å². The Morgan fingerprint density at radius 3 is 2.50 bits per heavy atom. The van der Waals surface area contributed by atoms with Crippen LogP contribution in [0.15, 0.2) is 24.3 Å². The number of ether oxygens (including phenoxy) is 1. The summed E-state index contributed by atoms with van der Waals surface area (Å²) >= 11 is 0. The Morgan fingerprint density at radius 1 is 1.28 bits per heavy atom.